The largest absolute Gasteiger partial charge is 0.444 e. The zero-order valence-electron chi connectivity index (χ0n) is 13.7. The first-order valence-electron chi connectivity index (χ1n) is 7.97. The highest BCUT2D eigenvalue weighted by molar-refractivity contribution is 5.68. The molecule has 0 aromatic rings. The van der Waals surface area contributed by atoms with Crippen molar-refractivity contribution in [2.45, 2.75) is 77.0 Å². The summed E-state index contributed by atoms with van der Waals surface area (Å²) in [5, 5.41) is 23.3. The van der Waals surface area contributed by atoms with Gasteiger partial charge in [-0.25, -0.2) is 4.79 Å². The lowest BCUT2D eigenvalue weighted by Gasteiger charge is -2.29. The maximum atomic E-state index is 11.9. The molecule has 1 aliphatic carbocycles. The summed E-state index contributed by atoms with van der Waals surface area (Å²) in [4.78, 5) is 21.9. The van der Waals surface area contributed by atoms with Crippen LogP contribution in [0.3, 0.4) is 0 Å². The second-order valence-electron chi connectivity index (χ2n) is 7.08. The van der Waals surface area contributed by atoms with Crippen molar-refractivity contribution >= 4 is 6.09 Å². The lowest BCUT2D eigenvalue weighted by atomic mass is 9.83. The van der Waals surface area contributed by atoms with Gasteiger partial charge in [-0.15, -0.1) is 0 Å². The van der Waals surface area contributed by atoms with Gasteiger partial charge >= 0.3 is 6.09 Å². The molecule has 2 N–H and O–H groups in total. The van der Waals surface area contributed by atoms with Gasteiger partial charge in [0.05, 0.1) is 6.04 Å². The minimum atomic E-state index is -1.20. The Hall–Kier alpha value is -1.37. The second kappa shape index (κ2) is 8.31. The van der Waals surface area contributed by atoms with Crippen LogP contribution < -0.4 is 5.32 Å². The van der Waals surface area contributed by atoms with Crippen LogP contribution >= 0.6 is 0 Å². The highest BCUT2D eigenvalue weighted by Gasteiger charge is 2.30. The number of alkyl carbamates (subject to hydrolysis) is 1. The first kappa shape index (κ1) is 18.7. The number of aliphatic hydroxyl groups is 1. The van der Waals surface area contributed by atoms with Crippen LogP contribution in [0, 0.1) is 16.0 Å². The molecule has 1 fully saturated rings. The molecular weight excluding hydrogens is 288 g/mol. The summed E-state index contributed by atoms with van der Waals surface area (Å²) in [6, 6.07) is -0.650. The maximum absolute atomic E-state index is 11.9. The summed E-state index contributed by atoms with van der Waals surface area (Å²) in [6.45, 7) is 4.66. The first-order valence-corrected chi connectivity index (χ1v) is 7.97. The normalized spacial score (nSPS) is 19.3. The molecule has 0 aromatic heterocycles. The molecular formula is C15H28N2O5. The van der Waals surface area contributed by atoms with Gasteiger partial charge in [0.1, 0.15) is 11.7 Å². The number of carbonyl (C=O) groups is 1. The number of nitrogens with one attached hydrogen (secondary N) is 1. The average Bonchev–Trinajstić information content (AvgIpc) is 2.36. The molecule has 1 aliphatic rings. The summed E-state index contributed by atoms with van der Waals surface area (Å²) in [7, 11) is 0. The van der Waals surface area contributed by atoms with Crippen LogP contribution in [0.4, 0.5) is 4.79 Å². The molecule has 22 heavy (non-hydrogen) atoms. The summed E-state index contributed by atoms with van der Waals surface area (Å²) in [5.74, 6) is 0.384. The Morgan fingerprint density at radius 2 is 1.95 bits per heavy atom. The van der Waals surface area contributed by atoms with E-state index in [9.17, 15) is 20.0 Å². The Labute approximate surface area is 131 Å². The maximum Gasteiger partial charge on any atom is 0.407 e. The molecule has 0 unspecified atom stereocenters. The highest BCUT2D eigenvalue weighted by atomic mass is 16.6. The molecule has 0 heterocycles. The van der Waals surface area contributed by atoms with Crippen LogP contribution in [0.5, 0.6) is 0 Å². The fourth-order valence-electron chi connectivity index (χ4n) is 2.83. The highest BCUT2D eigenvalue weighted by Crippen LogP contribution is 2.28. The molecule has 0 spiro atoms. The van der Waals surface area contributed by atoms with Gasteiger partial charge in [0.15, 0.2) is 0 Å². The summed E-state index contributed by atoms with van der Waals surface area (Å²) >= 11 is 0. The van der Waals surface area contributed by atoms with Gasteiger partial charge in [0.25, 0.3) is 0 Å². The van der Waals surface area contributed by atoms with Crippen molar-refractivity contribution in [1.29, 1.82) is 0 Å². The number of nitrogens with zero attached hydrogens (tertiary/aromatic N) is 1. The van der Waals surface area contributed by atoms with E-state index in [1.807, 2.05) is 0 Å². The standard InChI is InChI=1S/C15H28N2O5/c1-15(2,3)22-14(19)16-12(13(18)10-17(20)21)9-11-7-5-4-6-8-11/h11-13,18H,4-10H2,1-3H3,(H,16,19)/t12-,13+/m0/s1. The van der Waals surface area contributed by atoms with Gasteiger partial charge in [0, 0.05) is 4.92 Å². The van der Waals surface area contributed by atoms with E-state index in [0.717, 1.165) is 25.7 Å². The topological polar surface area (TPSA) is 102 Å². The van der Waals surface area contributed by atoms with Gasteiger partial charge in [-0.05, 0) is 33.1 Å². The van der Waals surface area contributed by atoms with E-state index in [2.05, 4.69) is 5.32 Å². The minimum absolute atomic E-state index is 0.384. The van der Waals surface area contributed by atoms with Crippen LogP contribution in [0.25, 0.3) is 0 Å². The van der Waals surface area contributed by atoms with Crippen molar-refractivity contribution in [3.8, 4) is 0 Å². The van der Waals surface area contributed by atoms with Crippen LogP contribution in [0.2, 0.25) is 0 Å². The van der Waals surface area contributed by atoms with Crippen molar-refractivity contribution in [3.05, 3.63) is 10.1 Å². The number of hydrogen-bond acceptors (Lipinski definition) is 5. The van der Waals surface area contributed by atoms with Gasteiger partial charge in [-0.3, -0.25) is 10.1 Å². The molecule has 2 atom stereocenters. The summed E-state index contributed by atoms with van der Waals surface area (Å²) in [6.07, 6.45) is 4.26. The number of ether oxygens (including phenoxy) is 1. The summed E-state index contributed by atoms with van der Waals surface area (Å²) in [5.41, 5.74) is -0.645. The van der Waals surface area contributed by atoms with Crippen LogP contribution in [0.15, 0.2) is 0 Å². The summed E-state index contributed by atoms with van der Waals surface area (Å²) < 4.78 is 5.18. The van der Waals surface area contributed by atoms with Crippen molar-refractivity contribution in [1.82, 2.24) is 5.32 Å². The zero-order chi connectivity index (χ0) is 16.8. The molecule has 128 valence electrons. The van der Waals surface area contributed by atoms with E-state index in [4.69, 9.17) is 4.74 Å². The van der Waals surface area contributed by atoms with E-state index >= 15 is 0 Å². The molecule has 1 saturated carbocycles. The molecule has 1 rings (SSSR count). The molecule has 0 radical (unpaired) electrons. The third kappa shape index (κ3) is 7.59. The molecule has 0 aliphatic heterocycles. The smallest absolute Gasteiger partial charge is 0.407 e. The fraction of sp³-hybridized carbons (Fsp3) is 0.933. The minimum Gasteiger partial charge on any atom is -0.444 e. The number of amides is 1. The first-order chi connectivity index (χ1) is 10.2. The zero-order valence-corrected chi connectivity index (χ0v) is 13.7. The predicted octanol–water partition coefficient (Wildman–Crippen LogP) is 2.49. The Morgan fingerprint density at radius 3 is 2.45 bits per heavy atom. The van der Waals surface area contributed by atoms with Crippen LogP contribution in [-0.2, 0) is 4.74 Å². The number of rotatable bonds is 6. The average molecular weight is 316 g/mol. The van der Waals surface area contributed by atoms with E-state index in [1.54, 1.807) is 20.8 Å². The molecule has 0 aromatic carbocycles. The van der Waals surface area contributed by atoms with Crippen molar-refractivity contribution in [3.63, 3.8) is 0 Å². The second-order valence-corrected chi connectivity index (χ2v) is 7.08. The quantitative estimate of drug-likeness (QED) is 0.579. The number of aliphatic hydroxyl groups excluding tert-OH is 1. The molecule has 0 saturated heterocycles. The van der Waals surface area contributed by atoms with E-state index in [-0.39, 0.29) is 0 Å². The SMILES string of the molecule is CC(C)(C)OC(=O)N[C@@H](CC1CCCCC1)[C@H](O)C[N+](=O)[O-]. The predicted molar refractivity (Wildman–Crippen MR) is 82.2 cm³/mol. The van der Waals surface area contributed by atoms with Gasteiger partial charge in [-0.2, -0.15) is 0 Å². The Morgan fingerprint density at radius 1 is 1.36 bits per heavy atom. The fourth-order valence-corrected chi connectivity index (χ4v) is 2.83. The van der Waals surface area contributed by atoms with E-state index in [0.29, 0.717) is 12.3 Å². The number of carbonyl (C=O) groups excluding carboxylic acids is 1. The number of nitro groups is 1. The lowest BCUT2D eigenvalue weighted by Crippen LogP contribution is -2.48. The lowest BCUT2D eigenvalue weighted by molar-refractivity contribution is -0.491. The Bertz CT molecular complexity index is 375. The monoisotopic (exact) mass is 316 g/mol. The number of hydrogen-bond donors (Lipinski definition) is 2. The van der Waals surface area contributed by atoms with Gasteiger partial charge < -0.3 is 15.2 Å². The van der Waals surface area contributed by atoms with Gasteiger partial charge in [0.2, 0.25) is 6.54 Å². The van der Waals surface area contributed by atoms with Crippen LogP contribution in [0.1, 0.15) is 59.3 Å². The third-order valence-corrected chi connectivity index (χ3v) is 3.81. The molecule has 0 bridgehead atoms. The van der Waals surface area contributed by atoms with Crippen molar-refractivity contribution in [2.24, 2.45) is 5.92 Å². The van der Waals surface area contributed by atoms with Crippen molar-refractivity contribution in [2.75, 3.05) is 6.54 Å². The molecule has 7 nitrogen and oxygen atoms in total. The van der Waals surface area contributed by atoms with Crippen LogP contribution in [-0.4, -0.2) is 40.4 Å². The third-order valence-electron chi connectivity index (χ3n) is 3.81. The Balaban J connectivity index is 2.63. The van der Waals surface area contributed by atoms with Gasteiger partial charge in [-0.1, -0.05) is 32.1 Å². The molecule has 1 amide bonds. The molecule has 7 heteroatoms. The van der Waals surface area contributed by atoms with Crippen molar-refractivity contribution < 1.29 is 19.6 Å². The Kier molecular flexibility index (Phi) is 7.06. The van der Waals surface area contributed by atoms with E-state index in [1.165, 1.54) is 6.42 Å². The van der Waals surface area contributed by atoms with E-state index < -0.39 is 35.3 Å².